The Hall–Kier alpha value is -2.37. The molecule has 0 aromatic heterocycles. The fourth-order valence-corrected chi connectivity index (χ4v) is 4.53. The van der Waals surface area contributed by atoms with E-state index in [-0.39, 0.29) is 29.0 Å². The minimum absolute atomic E-state index is 0.0419. The summed E-state index contributed by atoms with van der Waals surface area (Å²) in [7, 11) is 1.51. The number of thioether (sulfide) groups is 1. The molecule has 0 saturated heterocycles. The van der Waals surface area contributed by atoms with Crippen LogP contribution in [0.1, 0.15) is 17.9 Å². The quantitative estimate of drug-likeness (QED) is 0.561. The van der Waals surface area contributed by atoms with Crippen LogP contribution in [0.25, 0.3) is 0 Å². The molecule has 31 heavy (non-hydrogen) atoms. The maximum absolute atomic E-state index is 12.4. The number of amides is 2. The van der Waals surface area contributed by atoms with E-state index in [0.717, 1.165) is 11.8 Å². The van der Waals surface area contributed by atoms with Crippen molar-refractivity contribution in [2.75, 3.05) is 18.2 Å². The standard InChI is InChI=1S/C21H16Cl3N3O3S/c1-30-17-6-5-11(7-15(17)23)12-8-18(28)27-21(13(12)9-25)31-10-19(29)26-16-4-2-3-14(22)20(16)24/h2-7,12H,8,10H2,1H3,(H,26,29)(H,27,28)/t12-/m0/s1. The van der Waals surface area contributed by atoms with Gasteiger partial charge in [-0.2, -0.15) is 5.26 Å². The fourth-order valence-electron chi connectivity index (χ4n) is 3.04. The van der Waals surface area contributed by atoms with Crippen molar-refractivity contribution in [2.45, 2.75) is 12.3 Å². The number of rotatable bonds is 6. The van der Waals surface area contributed by atoms with E-state index in [1.165, 1.54) is 7.11 Å². The van der Waals surface area contributed by atoms with Crippen molar-refractivity contribution in [1.82, 2.24) is 5.32 Å². The van der Waals surface area contributed by atoms with Crippen molar-refractivity contribution < 1.29 is 14.3 Å². The van der Waals surface area contributed by atoms with Gasteiger partial charge in [0.1, 0.15) is 5.75 Å². The summed E-state index contributed by atoms with van der Waals surface area (Å²) in [6.45, 7) is 0. The number of allylic oxidation sites excluding steroid dienone is 1. The molecule has 2 aromatic carbocycles. The normalized spacial score (nSPS) is 15.8. The summed E-state index contributed by atoms with van der Waals surface area (Å²) in [6.07, 6.45) is 0.0972. The predicted octanol–water partition coefficient (Wildman–Crippen LogP) is 5.37. The first kappa shape index (κ1) is 23.3. The Kier molecular flexibility index (Phi) is 7.74. The number of anilines is 1. The summed E-state index contributed by atoms with van der Waals surface area (Å²) < 4.78 is 5.16. The molecule has 1 heterocycles. The van der Waals surface area contributed by atoms with E-state index in [4.69, 9.17) is 39.5 Å². The monoisotopic (exact) mass is 495 g/mol. The molecule has 2 aromatic rings. The number of carbonyl (C=O) groups excluding carboxylic acids is 2. The fraction of sp³-hybridized carbons (Fsp3) is 0.190. The molecule has 2 N–H and O–H groups in total. The van der Waals surface area contributed by atoms with E-state index < -0.39 is 5.92 Å². The molecule has 1 atom stereocenters. The number of nitrogens with zero attached hydrogens (tertiary/aromatic N) is 1. The number of hydrogen-bond acceptors (Lipinski definition) is 5. The number of nitriles is 1. The molecule has 0 radical (unpaired) electrons. The number of methoxy groups -OCH3 is 1. The zero-order chi connectivity index (χ0) is 22.5. The minimum atomic E-state index is -0.477. The summed E-state index contributed by atoms with van der Waals surface area (Å²) in [5, 5.41) is 16.4. The Labute approximate surface area is 198 Å². The largest absolute Gasteiger partial charge is 0.495 e. The molecule has 2 amide bonds. The van der Waals surface area contributed by atoms with Crippen molar-refractivity contribution in [2.24, 2.45) is 0 Å². The first-order chi connectivity index (χ1) is 14.8. The molecule has 1 aliphatic heterocycles. The van der Waals surface area contributed by atoms with E-state index in [2.05, 4.69) is 16.7 Å². The average molecular weight is 497 g/mol. The van der Waals surface area contributed by atoms with Gasteiger partial charge in [0.25, 0.3) is 0 Å². The van der Waals surface area contributed by atoms with Crippen LogP contribution >= 0.6 is 46.6 Å². The van der Waals surface area contributed by atoms with Gasteiger partial charge in [-0.25, -0.2) is 0 Å². The summed E-state index contributed by atoms with van der Waals surface area (Å²) in [4.78, 5) is 24.7. The smallest absolute Gasteiger partial charge is 0.234 e. The van der Waals surface area contributed by atoms with Gasteiger partial charge in [0.15, 0.2) is 0 Å². The van der Waals surface area contributed by atoms with E-state index >= 15 is 0 Å². The lowest BCUT2D eigenvalue weighted by Crippen LogP contribution is -2.31. The molecular weight excluding hydrogens is 481 g/mol. The van der Waals surface area contributed by atoms with Crippen LogP contribution in [0.2, 0.25) is 15.1 Å². The first-order valence-corrected chi connectivity index (χ1v) is 11.1. The topological polar surface area (TPSA) is 91.2 Å². The van der Waals surface area contributed by atoms with Crippen LogP contribution in [0.4, 0.5) is 5.69 Å². The van der Waals surface area contributed by atoms with Gasteiger partial charge in [0.05, 0.1) is 50.3 Å². The number of nitrogens with one attached hydrogen (secondary N) is 2. The van der Waals surface area contributed by atoms with Gasteiger partial charge < -0.3 is 15.4 Å². The number of ether oxygens (including phenoxy) is 1. The third kappa shape index (κ3) is 5.46. The van der Waals surface area contributed by atoms with E-state index in [0.29, 0.717) is 37.6 Å². The third-order valence-corrected chi connectivity index (χ3v) is 6.64. The highest BCUT2D eigenvalue weighted by Crippen LogP contribution is 2.38. The van der Waals surface area contributed by atoms with Gasteiger partial charge in [0, 0.05) is 12.3 Å². The van der Waals surface area contributed by atoms with Gasteiger partial charge in [0.2, 0.25) is 11.8 Å². The Morgan fingerprint density at radius 1 is 1.29 bits per heavy atom. The molecule has 0 unspecified atom stereocenters. The molecule has 3 rings (SSSR count). The van der Waals surface area contributed by atoms with Crippen molar-refractivity contribution in [1.29, 1.82) is 5.26 Å². The van der Waals surface area contributed by atoms with E-state index in [1.54, 1.807) is 36.4 Å². The van der Waals surface area contributed by atoms with Crippen LogP contribution in [0.15, 0.2) is 47.0 Å². The van der Waals surface area contributed by atoms with Crippen LogP contribution in [0.3, 0.4) is 0 Å². The number of carbonyl (C=O) groups is 2. The Balaban J connectivity index is 1.79. The van der Waals surface area contributed by atoms with Gasteiger partial charge in [-0.1, -0.05) is 58.7 Å². The van der Waals surface area contributed by atoms with Crippen molar-refractivity contribution in [3.05, 3.63) is 67.6 Å². The second kappa shape index (κ2) is 10.3. The molecule has 0 spiro atoms. The Bertz CT molecular complexity index is 1110. The minimum Gasteiger partial charge on any atom is -0.495 e. The van der Waals surface area contributed by atoms with Crippen molar-refractivity contribution in [3.63, 3.8) is 0 Å². The van der Waals surface area contributed by atoms with Gasteiger partial charge in [-0.15, -0.1) is 0 Å². The summed E-state index contributed by atoms with van der Waals surface area (Å²) in [5.41, 5.74) is 1.46. The van der Waals surface area contributed by atoms with E-state index in [1.807, 2.05) is 0 Å². The van der Waals surface area contributed by atoms with Gasteiger partial charge in [-0.05, 0) is 29.8 Å². The second-order valence-corrected chi connectivity index (χ2v) is 8.67. The Morgan fingerprint density at radius 2 is 2.06 bits per heavy atom. The van der Waals surface area contributed by atoms with Gasteiger partial charge >= 0.3 is 0 Å². The molecule has 0 fully saturated rings. The molecule has 0 bridgehead atoms. The molecule has 10 heteroatoms. The zero-order valence-corrected chi connectivity index (χ0v) is 19.3. The van der Waals surface area contributed by atoms with Crippen molar-refractivity contribution in [3.8, 4) is 11.8 Å². The second-order valence-electron chi connectivity index (χ2n) is 6.49. The van der Waals surface area contributed by atoms with Crippen LogP contribution < -0.4 is 15.4 Å². The predicted molar refractivity (Wildman–Crippen MR) is 124 cm³/mol. The first-order valence-electron chi connectivity index (χ1n) is 8.98. The van der Waals surface area contributed by atoms with Gasteiger partial charge in [-0.3, -0.25) is 9.59 Å². The molecule has 0 saturated carbocycles. The van der Waals surface area contributed by atoms with Crippen LogP contribution in [0.5, 0.6) is 5.75 Å². The molecule has 6 nitrogen and oxygen atoms in total. The maximum Gasteiger partial charge on any atom is 0.234 e. The highest BCUT2D eigenvalue weighted by Gasteiger charge is 2.30. The lowest BCUT2D eigenvalue weighted by Gasteiger charge is -2.25. The highest BCUT2D eigenvalue weighted by molar-refractivity contribution is 8.03. The highest BCUT2D eigenvalue weighted by atomic mass is 35.5. The van der Waals surface area contributed by atoms with Crippen LogP contribution in [0, 0.1) is 11.3 Å². The zero-order valence-electron chi connectivity index (χ0n) is 16.2. The van der Waals surface area contributed by atoms with Crippen LogP contribution in [-0.4, -0.2) is 24.7 Å². The number of halogens is 3. The molecule has 1 aliphatic rings. The number of benzene rings is 2. The van der Waals surface area contributed by atoms with Crippen molar-refractivity contribution >= 4 is 64.1 Å². The third-order valence-electron chi connectivity index (χ3n) is 4.51. The summed E-state index contributed by atoms with van der Waals surface area (Å²) in [5.74, 6) is -0.631. The van der Waals surface area contributed by atoms with Crippen LogP contribution in [-0.2, 0) is 9.59 Å². The lowest BCUT2D eigenvalue weighted by molar-refractivity contribution is -0.121. The van der Waals surface area contributed by atoms with E-state index in [9.17, 15) is 14.9 Å². The molecular formula is C21H16Cl3N3O3S. The molecule has 160 valence electrons. The average Bonchev–Trinajstić information content (AvgIpc) is 2.75. The lowest BCUT2D eigenvalue weighted by atomic mass is 9.87. The number of hydrogen-bond donors (Lipinski definition) is 2. The summed E-state index contributed by atoms with van der Waals surface area (Å²) >= 11 is 19.3. The Morgan fingerprint density at radius 3 is 2.74 bits per heavy atom. The summed E-state index contributed by atoms with van der Waals surface area (Å²) in [6, 6.07) is 12.2. The maximum atomic E-state index is 12.4. The molecule has 0 aliphatic carbocycles. The SMILES string of the molecule is COc1ccc([C@@H]2CC(=O)NC(SCC(=O)Nc3cccc(Cl)c3Cl)=C2C#N)cc1Cl.